The van der Waals surface area contributed by atoms with Crippen LogP contribution in [0.25, 0.3) is 0 Å². The molecule has 0 bridgehead atoms. The number of nitrogens with two attached hydrogens (primary N) is 1. The Bertz CT molecular complexity index is 740. The van der Waals surface area contributed by atoms with E-state index in [-0.39, 0.29) is 29.9 Å². The lowest BCUT2D eigenvalue weighted by atomic mass is 10.0. The third-order valence-corrected chi connectivity index (χ3v) is 4.19. The molecule has 10 heteroatoms. The van der Waals surface area contributed by atoms with Gasteiger partial charge in [-0.1, -0.05) is 5.16 Å². The topological polar surface area (TPSA) is 90.2 Å². The summed E-state index contributed by atoms with van der Waals surface area (Å²) in [6, 6.07) is 2.28. The maximum absolute atomic E-state index is 12.6. The van der Waals surface area contributed by atoms with Crippen molar-refractivity contribution in [3.05, 3.63) is 35.5 Å². The normalized spacial score (nSPS) is 18.6. The van der Waals surface area contributed by atoms with Crippen LogP contribution in [-0.2, 0) is 12.7 Å². The lowest BCUT2D eigenvalue weighted by Gasteiger charge is -2.34. The molecule has 25 heavy (non-hydrogen) atoms. The van der Waals surface area contributed by atoms with Gasteiger partial charge in [0.15, 0.2) is 17.1 Å². The largest absolute Gasteiger partial charge is 0.435 e. The monoisotopic (exact) mass is 357 g/mol. The van der Waals surface area contributed by atoms with Gasteiger partial charge in [0.25, 0.3) is 5.91 Å². The summed E-state index contributed by atoms with van der Waals surface area (Å²) >= 11 is 0. The number of rotatable bonds is 4. The molecule has 0 unspecified atom stereocenters. The molecule has 1 fully saturated rings. The summed E-state index contributed by atoms with van der Waals surface area (Å²) in [7, 11) is 0. The van der Waals surface area contributed by atoms with Crippen molar-refractivity contribution in [1.82, 2.24) is 19.8 Å². The van der Waals surface area contributed by atoms with Crippen LogP contribution in [0.4, 0.5) is 13.2 Å². The molecular weight excluding hydrogens is 339 g/mol. The van der Waals surface area contributed by atoms with E-state index in [4.69, 9.17) is 10.3 Å². The molecule has 0 spiro atoms. The third kappa shape index (κ3) is 3.84. The predicted octanol–water partition coefficient (Wildman–Crippen LogP) is 1.89. The van der Waals surface area contributed by atoms with Gasteiger partial charge in [0, 0.05) is 31.4 Å². The van der Waals surface area contributed by atoms with E-state index in [9.17, 15) is 18.0 Å². The van der Waals surface area contributed by atoms with Gasteiger partial charge in [0.2, 0.25) is 0 Å². The summed E-state index contributed by atoms with van der Waals surface area (Å²) in [6.45, 7) is 0.942. The number of hydrogen-bond donors (Lipinski definition) is 1. The number of amides is 1. The van der Waals surface area contributed by atoms with Gasteiger partial charge in [-0.3, -0.25) is 9.48 Å². The van der Waals surface area contributed by atoms with Crippen LogP contribution in [0.2, 0.25) is 0 Å². The van der Waals surface area contributed by atoms with Crippen molar-refractivity contribution in [3.8, 4) is 0 Å². The highest BCUT2D eigenvalue weighted by atomic mass is 19.4. The number of nitrogens with zero attached hydrogens (tertiary/aromatic N) is 4. The van der Waals surface area contributed by atoms with Crippen molar-refractivity contribution in [2.75, 3.05) is 13.1 Å². The summed E-state index contributed by atoms with van der Waals surface area (Å²) in [5.41, 5.74) is 4.85. The minimum atomic E-state index is -4.50. The van der Waals surface area contributed by atoms with Crippen LogP contribution in [-0.4, -0.2) is 44.9 Å². The SMILES string of the molecule is NC[C@H]1CCCCN1C(=O)c1cc(Cn2ccc(C(F)(F)F)n2)on1. The fourth-order valence-electron chi connectivity index (χ4n) is 2.91. The summed E-state index contributed by atoms with van der Waals surface area (Å²) in [5, 5.41) is 7.18. The minimum absolute atomic E-state index is 0.0261. The summed E-state index contributed by atoms with van der Waals surface area (Å²) in [5.74, 6) is -0.0249. The minimum Gasteiger partial charge on any atom is -0.359 e. The molecule has 1 atom stereocenters. The lowest BCUT2D eigenvalue weighted by molar-refractivity contribution is -0.141. The van der Waals surface area contributed by atoms with Crippen LogP contribution >= 0.6 is 0 Å². The van der Waals surface area contributed by atoms with E-state index < -0.39 is 11.9 Å². The van der Waals surface area contributed by atoms with E-state index in [1.54, 1.807) is 4.90 Å². The molecule has 3 heterocycles. The number of carbonyl (C=O) groups excluding carboxylic acids is 1. The summed E-state index contributed by atoms with van der Waals surface area (Å²) in [4.78, 5) is 14.2. The average molecular weight is 357 g/mol. The highest BCUT2D eigenvalue weighted by Crippen LogP contribution is 2.27. The average Bonchev–Trinajstić information content (AvgIpc) is 3.24. The smallest absolute Gasteiger partial charge is 0.359 e. The van der Waals surface area contributed by atoms with Gasteiger partial charge >= 0.3 is 6.18 Å². The molecule has 0 radical (unpaired) electrons. The highest BCUT2D eigenvalue weighted by molar-refractivity contribution is 5.92. The number of piperidine rings is 1. The second-order valence-electron chi connectivity index (χ2n) is 5.96. The van der Waals surface area contributed by atoms with Crippen LogP contribution in [0.5, 0.6) is 0 Å². The molecule has 0 saturated carbocycles. The standard InChI is InChI=1S/C15H18F3N5O2/c16-15(17,18)13-4-6-22(20-13)9-11-7-12(21-25-11)14(24)23-5-2-1-3-10(23)8-19/h4,6-7,10H,1-3,5,8-9,19H2/t10-/m1/s1. The number of halogens is 3. The second-order valence-corrected chi connectivity index (χ2v) is 5.96. The van der Waals surface area contributed by atoms with Gasteiger partial charge in [0.05, 0.1) is 0 Å². The zero-order chi connectivity index (χ0) is 18.0. The molecule has 136 valence electrons. The van der Waals surface area contributed by atoms with Crippen molar-refractivity contribution >= 4 is 5.91 Å². The second kappa shape index (κ2) is 6.87. The Morgan fingerprint density at radius 3 is 2.88 bits per heavy atom. The number of aromatic nitrogens is 3. The van der Waals surface area contributed by atoms with Gasteiger partial charge in [-0.15, -0.1) is 0 Å². The van der Waals surface area contributed by atoms with Crippen LogP contribution in [0.3, 0.4) is 0 Å². The molecule has 7 nitrogen and oxygen atoms in total. The Morgan fingerprint density at radius 1 is 1.40 bits per heavy atom. The molecule has 3 rings (SSSR count). The van der Waals surface area contributed by atoms with E-state index in [2.05, 4.69) is 10.3 Å². The van der Waals surface area contributed by atoms with Crippen molar-refractivity contribution in [2.45, 2.75) is 38.0 Å². The Hall–Kier alpha value is -2.36. The van der Waals surface area contributed by atoms with E-state index in [1.807, 2.05) is 0 Å². The first kappa shape index (κ1) is 17.5. The fourth-order valence-corrected chi connectivity index (χ4v) is 2.91. The van der Waals surface area contributed by atoms with E-state index in [1.165, 1.54) is 12.3 Å². The van der Waals surface area contributed by atoms with Gasteiger partial charge < -0.3 is 15.2 Å². The molecule has 1 aliphatic heterocycles. The maximum Gasteiger partial charge on any atom is 0.435 e. The zero-order valence-electron chi connectivity index (χ0n) is 13.4. The van der Waals surface area contributed by atoms with Gasteiger partial charge in [0.1, 0.15) is 6.54 Å². The molecule has 1 amide bonds. The van der Waals surface area contributed by atoms with E-state index >= 15 is 0 Å². The van der Waals surface area contributed by atoms with Crippen molar-refractivity contribution in [2.24, 2.45) is 5.73 Å². The molecule has 2 aromatic heterocycles. The lowest BCUT2D eigenvalue weighted by Crippen LogP contribution is -2.47. The fraction of sp³-hybridized carbons (Fsp3) is 0.533. The Kier molecular flexibility index (Phi) is 4.80. The molecule has 0 aliphatic carbocycles. The Labute approximate surface area is 141 Å². The highest BCUT2D eigenvalue weighted by Gasteiger charge is 2.33. The van der Waals surface area contributed by atoms with Gasteiger partial charge in [-0.2, -0.15) is 18.3 Å². The number of hydrogen-bond acceptors (Lipinski definition) is 5. The van der Waals surface area contributed by atoms with Crippen molar-refractivity contribution in [1.29, 1.82) is 0 Å². The van der Waals surface area contributed by atoms with E-state index in [0.717, 1.165) is 30.0 Å². The molecule has 1 saturated heterocycles. The summed E-state index contributed by atoms with van der Waals surface area (Å²) < 4.78 is 43.8. The number of alkyl halides is 3. The molecular formula is C15H18F3N5O2. The number of likely N-dealkylation sites (tertiary alicyclic amines) is 1. The molecule has 2 N–H and O–H groups in total. The first-order valence-corrected chi connectivity index (χ1v) is 7.96. The van der Waals surface area contributed by atoms with Gasteiger partial charge in [-0.25, -0.2) is 0 Å². The van der Waals surface area contributed by atoms with Gasteiger partial charge in [-0.05, 0) is 25.3 Å². The van der Waals surface area contributed by atoms with Crippen LogP contribution < -0.4 is 5.73 Å². The molecule has 2 aromatic rings. The quantitative estimate of drug-likeness (QED) is 0.902. The van der Waals surface area contributed by atoms with Crippen LogP contribution in [0.15, 0.2) is 22.9 Å². The first-order valence-electron chi connectivity index (χ1n) is 7.96. The van der Waals surface area contributed by atoms with Crippen LogP contribution in [0.1, 0.15) is 41.2 Å². The molecule has 0 aromatic carbocycles. The Balaban J connectivity index is 1.69. The Morgan fingerprint density at radius 2 is 2.20 bits per heavy atom. The summed E-state index contributed by atoms with van der Waals surface area (Å²) in [6.07, 6.45) is -0.529. The van der Waals surface area contributed by atoms with E-state index in [0.29, 0.717) is 13.1 Å². The van der Waals surface area contributed by atoms with Crippen molar-refractivity contribution < 1.29 is 22.5 Å². The third-order valence-electron chi connectivity index (χ3n) is 4.19. The zero-order valence-corrected chi connectivity index (χ0v) is 13.4. The number of carbonyl (C=O) groups is 1. The molecule has 1 aliphatic rings. The maximum atomic E-state index is 12.6. The first-order chi connectivity index (χ1) is 11.9. The van der Waals surface area contributed by atoms with Crippen molar-refractivity contribution in [3.63, 3.8) is 0 Å². The predicted molar refractivity (Wildman–Crippen MR) is 80.6 cm³/mol. The van der Waals surface area contributed by atoms with Crippen LogP contribution in [0, 0.1) is 0 Å².